The van der Waals surface area contributed by atoms with Gasteiger partial charge in [0.05, 0.1) is 7.11 Å². The second-order valence-corrected chi connectivity index (χ2v) is 25.3. The van der Waals surface area contributed by atoms with E-state index in [4.69, 9.17) is 9.47 Å². The molecule has 0 radical (unpaired) electrons. The lowest BCUT2D eigenvalue weighted by atomic mass is 9.87. The number of ether oxygens (including phenoxy) is 2. The van der Waals surface area contributed by atoms with Crippen LogP contribution in [-0.4, -0.2) is 103 Å². The largest absolute Gasteiger partial charge is 0.508 e. The van der Waals surface area contributed by atoms with Crippen molar-refractivity contribution < 1.29 is 42.5 Å². The Morgan fingerprint density at radius 3 is 2.17 bits per heavy atom. The van der Waals surface area contributed by atoms with Gasteiger partial charge in [0.25, 0.3) is 0 Å². The number of rotatable bonds is 22. The Labute approximate surface area is 529 Å². The average Bonchev–Trinajstić information content (AvgIpc) is 1.50. The number of carbonyl (C=O) groups is 4. The van der Waals surface area contributed by atoms with E-state index in [2.05, 4.69) is 104 Å². The predicted molar refractivity (Wildman–Crippen MR) is 359 cm³/mol. The summed E-state index contributed by atoms with van der Waals surface area (Å²) >= 11 is 0. The summed E-state index contributed by atoms with van der Waals surface area (Å²) in [6.45, 7) is 26.0. The van der Waals surface area contributed by atoms with Crippen molar-refractivity contribution in [1.82, 2.24) is 20.2 Å². The maximum absolute atomic E-state index is 16.2. The number of hydrogen-bond acceptors (Lipinski definition) is 11. The summed E-state index contributed by atoms with van der Waals surface area (Å²) in [5.74, 6) is 2.00. The fourth-order valence-electron chi connectivity index (χ4n) is 12.8. The number of carbonyl (C=O) groups excluding carboxylic acids is 4. The molecule has 89 heavy (non-hydrogen) atoms. The minimum absolute atomic E-state index is 0.0149. The van der Waals surface area contributed by atoms with Gasteiger partial charge in [-0.15, -0.1) is 0 Å². The molecule has 15 heteroatoms. The average molecular weight is 1230 g/mol. The summed E-state index contributed by atoms with van der Waals surface area (Å²) in [4.78, 5) is 61.9. The molecule has 2 amide bonds. The molecule has 3 aliphatic heterocycles. The fraction of sp³-hybridized carbons (Fsp3) is 0.541. The number of aromatic hydroxyl groups is 1. The summed E-state index contributed by atoms with van der Waals surface area (Å²) in [5.41, 5.74) is 6.47. The topological polar surface area (TPSA) is 154 Å². The number of esters is 1. The maximum atomic E-state index is 16.2. The SMILES string of the molecule is CC(=O)OCC1CCC2CCCN21.CCC(C)C.CCCC(CCC(C)CC)Cc1ccc(-c2ccc(N(C(C)=O)C(CCC=O)C(=O)NC)c(C)c2)cc1.CCc1c(F)ccc2cc(O)cc(-c3ccc4c(N5CCCC(C)C5)nc(OC)nc4c3F)c12. The van der Waals surface area contributed by atoms with Gasteiger partial charge in [-0.1, -0.05) is 130 Å². The van der Waals surface area contributed by atoms with E-state index < -0.39 is 11.9 Å². The summed E-state index contributed by atoms with van der Waals surface area (Å²) < 4.78 is 41.2. The van der Waals surface area contributed by atoms with Crippen LogP contribution in [0.4, 0.5) is 20.3 Å². The van der Waals surface area contributed by atoms with Gasteiger partial charge >= 0.3 is 12.0 Å². The minimum Gasteiger partial charge on any atom is -0.508 e. The number of aromatic nitrogens is 2. The smallest absolute Gasteiger partial charge is 0.318 e. The zero-order valence-electron chi connectivity index (χ0n) is 55.7. The first-order chi connectivity index (χ1) is 42.7. The summed E-state index contributed by atoms with van der Waals surface area (Å²) in [5, 5.41) is 14.8. The zero-order valence-corrected chi connectivity index (χ0v) is 55.7. The summed E-state index contributed by atoms with van der Waals surface area (Å²) in [7, 11) is 3.01. The van der Waals surface area contributed by atoms with E-state index in [9.17, 15) is 28.7 Å². The Hall–Kier alpha value is -7.00. The highest BCUT2D eigenvalue weighted by Gasteiger charge is 2.37. The number of benzene rings is 5. The molecule has 2 N–H and O–H groups in total. The van der Waals surface area contributed by atoms with E-state index >= 15 is 4.39 Å². The van der Waals surface area contributed by atoms with Gasteiger partial charge in [0.15, 0.2) is 5.82 Å². The number of amides is 2. The van der Waals surface area contributed by atoms with Gasteiger partial charge < -0.3 is 29.6 Å². The van der Waals surface area contributed by atoms with Crippen molar-refractivity contribution in [2.75, 3.05) is 50.2 Å². The van der Waals surface area contributed by atoms with Crippen LogP contribution >= 0.6 is 0 Å². The molecule has 0 saturated carbocycles. The predicted octanol–water partition coefficient (Wildman–Crippen LogP) is 16.4. The van der Waals surface area contributed by atoms with Gasteiger partial charge in [-0.25, -0.2) is 8.78 Å². The van der Waals surface area contributed by atoms with Crippen LogP contribution in [-0.2, 0) is 36.8 Å². The van der Waals surface area contributed by atoms with Crippen LogP contribution in [0.15, 0.2) is 78.9 Å². The molecule has 5 aromatic carbocycles. The second-order valence-electron chi connectivity index (χ2n) is 25.3. The number of halogens is 2. The third kappa shape index (κ3) is 19.3. The third-order valence-electron chi connectivity index (χ3n) is 18.2. The Morgan fingerprint density at radius 1 is 0.831 bits per heavy atom. The lowest BCUT2D eigenvalue weighted by molar-refractivity contribution is -0.142. The number of aryl methyl sites for hydroxylation is 2. The van der Waals surface area contributed by atoms with E-state index in [1.807, 2.05) is 32.0 Å². The third-order valence-corrected chi connectivity index (χ3v) is 18.2. The van der Waals surface area contributed by atoms with Crippen LogP contribution in [0.2, 0.25) is 0 Å². The Morgan fingerprint density at radius 2 is 1.55 bits per heavy atom. The lowest BCUT2D eigenvalue weighted by Gasteiger charge is -2.32. The number of nitrogens with zero attached hydrogens (tertiary/aromatic N) is 5. The highest BCUT2D eigenvalue weighted by atomic mass is 19.1. The first kappa shape index (κ1) is 71.1. The molecule has 6 unspecified atom stereocenters. The van der Waals surface area contributed by atoms with Crippen molar-refractivity contribution in [1.29, 1.82) is 0 Å². The van der Waals surface area contributed by atoms with Crippen LogP contribution in [0.1, 0.15) is 176 Å². The number of piperidine rings is 1. The van der Waals surface area contributed by atoms with Gasteiger partial charge in [0.1, 0.15) is 41.8 Å². The first-order valence-corrected chi connectivity index (χ1v) is 33.0. The minimum atomic E-state index is -0.729. The molecule has 3 saturated heterocycles. The van der Waals surface area contributed by atoms with Crippen LogP contribution < -0.4 is 19.9 Å². The maximum Gasteiger partial charge on any atom is 0.318 e. The van der Waals surface area contributed by atoms with E-state index in [1.54, 1.807) is 25.2 Å². The van der Waals surface area contributed by atoms with Crippen LogP contribution in [0.5, 0.6) is 11.8 Å². The standard InChI is InChI=1S/C32H46N2O3.C27H27F2N3O2.C10H17NO2.C5H12/c1-7-10-26(13-12-23(3)8-2)22-27-14-16-28(17-15-27)29-18-19-30(24(4)21-29)34(25(5)36)31(11-9-20-35)32(37)33-6;1-4-18-22(28)10-7-16-12-17(33)13-21(23(16)18)19-8-9-20-25(24(19)29)30-27(34-3)31-26(20)32-11-5-6-15(2)14-32;1-8(12)13-7-10-5-4-9-3-2-6-11(9)10;1-4-5(2)3/h14-21,23,26,31H,7-13,22H2,1-6H3,(H,33,37);7-10,12-13,15,33H,4-6,11,14H2,1-3H3;9-10H,2-7H2,1H3;5H,4H2,1-3H3. The van der Waals surface area contributed by atoms with E-state index in [1.165, 1.54) is 114 Å². The van der Waals surface area contributed by atoms with E-state index in [0.717, 1.165) is 79.1 Å². The van der Waals surface area contributed by atoms with Crippen molar-refractivity contribution in [2.24, 2.45) is 23.7 Å². The number of methoxy groups -OCH3 is 1. The lowest BCUT2D eigenvalue weighted by Crippen LogP contribution is -2.48. The van der Waals surface area contributed by atoms with Gasteiger partial charge in [0.2, 0.25) is 11.8 Å². The monoisotopic (exact) mass is 1220 g/mol. The number of hydrogen-bond donors (Lipinski definition) is 2. The molecule has 3 fully saturated rings. The quantitative estimate of drug-likeness (QED) is 0.0493. The molecule has 484 valence electrons. The molecule has 4 heterocycles. The number of fused-ring (bicyclic) bond motifs is 3. The van der Waals surface area contributed by atoms with E-state index in [-0.39, 0.29) is 59.3 Å². The molecule has 1 aromatic heterocycles. The van der Waals surface area contributed by atoms with Gasteiger partial charge in [-0.3, -0.25) is 24.2 Å². The van der Waals surface area contributed by atoms with E-state index in [0.29, 0.717) is 63.8 Å². The molecule has 6 aromatic rings. The normalized spacial score (nSPS) is 17.3. The van der Waals surface area contributed by atoms with Crippen LogP contribution in [0.3, 0.4) is 0 Å². The van der Waals surface area contributed by atoms with Crippen LogP contribution in [0.25, 0.3) is 43.9 Å². The van der Waals surface area contributed by atoms with Gasteiger partial charge in [-0.2, -0.15) is 9.97 Å². The zero-order chi connectivity index (χ0) is 64.9. The van der Waals surface area contributed by atoms with Gasteiger partial charge in [0, 0.05) is 69.1 Å². The molecule has 9 rings (SSSR count). The summed E-state index contributed by atoms with van der Waals surface area (Å²) in [6, 6.07) is 25.0. The Kier molecular flexibility index (Phi) is 27.8. The van der Waals surface area contributed by atoms with Crippen molar-refractivity contribution in [3.05, 3.63) is 107 Å². The molecule has 0 bridgehead atoms. The molecular weight excluding hydrogens is 1120 g/mol. The molecule has 0 aliphatic carbocycles. The second kappa shape index (κ2) is 34.8. The number of phenols is 1. The molecule has 0 spiro atoms. The first-order valence-electron chi connectivity index (χ1n) is 33.0. The number of aldehydes is 1. The molecule has 6 atom stereocenters. The van der Waals surface area contributed by atoms with Crippen molar-refractivity contribution >= 4 is 57.3 Å². The Balaban J connectivity index is 0.000000222. The highest BCUT2D eigenvalue weighted by molar-refractivity contribution is 6.03. The number of anilines is 2. The fourth-order valence-corrected chi connectivity index (χ4v) is 12.8. The molecular formula is C74H102F2N6O7. The number of nitrogens with one attached hydrogen (secondary N) is 1. The summed E-state index contributed by atoms with van der Waals surface area (Å²) in [6.07, 6.45) is 17.8. The van der Waals surface area contributed by atoms with Crippen molar-refractivity contribution in [3.8, 4) is 34.0 Å². The highest BCUT2D eigenvalue weighted by Crippen LogP contribution is 2.41. The van der Waals surface area contributed by atoms with Crippen molar-refractivity contribution in [2.45, 2.75) is 197 Å². The molecule has 13 nitrogen and oxygen atoms in total. The number of likely N-dealkylation sites (N-methyl/N-ethyl adjacent to an activating group) is 1. The van der Waals surface area contributed by atoms with Crippen LogP contribution in [0, 0.1) is 42.2 Å². The molecule has 3 aliphatic rings. The van der Waals surface area contributed by atoms with Gasteiger partial charge in [-0.05, 0) is 182 Å². The Bertz CT molecular complexity index is 3280. The van der Waals surface area contributed by atoms with Crippen molar-refractivity contribution in [3.63, 3.8) is 0 Å². The number of phenolic OH excluding ortho intramolecular Hbond substituents is 1.